The van der Waals surface area contributed by atoms with Crippen molar-refractivity contribution in [1.29, 1.82) is 0 Å². The van der Waals surface area contributed by atoms with Gasteiger partial charge in [0.1, 0.15) is 5.82 Å². The number of carboxylic acids is 1. The number of halogens is 1. The van der Waals surface area contributed by atoms with Crippen molar-refractivity contribution in [3.05, 3.63) is 75.7 Å². The summed E-state index contributed by atoms with van der Waals surface area (Å²) in [7, 11) is 0. The van der Waals surface area contributed by atoms with Gasteiger partial charge in [0.25, 0.3) is 5.91 Å². The number of carbonyl (C=O) groups is 2. The Hall–Kier alpha value is -3.43. The van der Waals surface area contributed by atoms with E-state index in [0.717, 1.165) is 30.9 Å². The predicted molar refractivity (Wildman–Crippen MR) is 127 cm³/mol. The minimum Gasteiger partial charge on any atom is -0.481 e. The van der Waals surface area contributed by atoms with E-state index >= 15 is 0 Å². The summed E-state index contributed by atoms with van der Waals surface area (Å²) < 4.78 is 1.58. The number of hydrogen-bond donors (Lipinski definition) is 4. The van der Waals surface area contributed by atoms with Crippen LogP contribution in [0.4, 0.5) is 5.82 Å². The summed E-state index contributed by atoms with van der Waals surface area (Å²) in [5.74, 6) is -0.662. The van der Waals surface area contributed by atoms with Gasteiger partial charge in [-0.05, 0) is 42.2 Å². The third kappa shape index (κ3) is 5.55. The lowest BCUT2D eigenvalue weighted by atomic mass is 10.0. The topological polar surface area (TPSA) is 129 Å². The normalized spacial score (nSPS) is 13.6. The predicted octanol–water partition coefficient (Wildman–Crippen LogP) is 2.97. The number of carboxylic acid groups (broad SMARTS) is 1. The molecular weight excluding hydrogens is 458 g/mol. The Kier molecular flexibility index (Phi) is 7.44. The zero-order valence-electron chi connectivity index (χ0n) is 18.5. The molecule has 9 nitrogen and oxygen atoms in total. The van der Waals surface area contributed by atoms with Crippen molar-refractivity contribution in [3.8, 4) is 0 Å². The molecule has 1 unspecified atom stereocenters. The van der Waals surface area contributed by atoms with Crippen LogP contribution < -0.4 is 10.6 Å². The molecule has 1 atom stereocenters. The summed E-state index contributed by atoms with van der Waals surface area (Å²) in [6.45, 7) is 0.957. The molecule has 34 heavy (non-hydrogen) atoms. The van der Waals surface area contributed by atoms with Crippen LogP contribution in [0.3, 0.4) is 0 Å². The van der Waals surface area contributed by atoms with Gasteiger partial charge in [-0.1, -0.05) is 29.8 Å². The average molecular weight is 484 g/mol. The van der Waals surface area contributed by atoms with Crippen LogP contribution in [-0.4, -0.2) is 43.4 Å². The van der Waals surface area contributed by atoms with Crippen molar-refractivity contribution < 1.29 is 19.8 Å². The third-order valence-corrected chi connectivity index (χ3v) is 6.04. The Morgan fingerprint density at radius 3 is 2.88 bits per heavy atom. The first-order valence-electron chi connectivity index (χ1n) is 11.1. The highest BCUT2D eigenvalue weighted by atomic mass is 35.5. The van der Waals surface area contributed by atoms with Crippen LogP contribution in [0.1, 0.15) is 51.8 Å². The monoisotopic (exact) mass is 483 g/mol. The molecule has 1 aliphatic rings. The van der Waals surface area contributed by atoms with Crippen LogP contribution in [0.5, 0.6) is 0 Å². The molecule has 0 spiro atoms. The minimum atomic E-state index is -1.06. The molecule has 2 aromatic heterocycles. The highest BCUT2D eigenvalue weighted by Gasteiger charge is 2.23. The van der Waals surface area contributed by atoms with E-state index in [2.05, 4.69) is 26.8 Å². The first-order chi connectivity index (χ1) is 16.4. The molecule has 0 saturated carbocycles. The van der Waals surface area contributed by atoms with E-state index in [0.29, 0.717) is 29.2 Å². The van der Waals surface area contributed by atoms with Gasteiger partial charge >= 0.3 is 5.97 Å². The standard InChI is InChI=1S/C24H26ClN5O4/c25-17-5-1-3-16(11-17)20(12-22(32)33)29-24(34)19-13-27-30(21(19)14-31)10-8-18-7-6-15-4-2-9-26-23(15)28-18/h1,3,5-7,11,13,20,31H,2,4,8-10,12,14H2,(H,26,28)(H,29,34)(H,32,33). The van der Waals surface area contributed by atoms with Gasteiger partial charge in [0.15, 0.2) is 0 Å². The number of anilines is 1. The van der Waals surface area contributed by atoms with Crippen LogP contribution in [0.2, 0.25) is 5.02 Å². The van der Waals surface area contributed by atoms with E-state index in [1.54, 1.807) is 28.9 Å². The van der Waals surface area contributed by atoms with Crippen LogP contribution in [0, 0.1) is 0 Å². The van der Waals surface area contributed by atoms with E-state index in [9.17, 15) is 19.8 Å². The number of benzene rings is 1. The molecule has 178 valence electrons. The molecule has 4 N–H and O–H groups in total. The van der Waals surface area contributed by atoms with Gasteiger partial charge in [-0.25, -0.2) is 4.98 Å². The van der Waals surface area contributed by atoms with E-state index in [1.165, 1.54) is 11.8 Å². The number of nitrogens with zero attached hydrogens (tertiary/aromatic N) is 3. The lowest BCUT2D eigenvalue weighted by Crippen LogP contribution is -2.30. The summed E-state index contributed by atoms with van der Waals surface area (Å²) in [5, 5.41) is 30.0. The summed E-state index contributed by atoms with van der Waals surface area (Å²) in [6, 6.07) is 9.97. The number of hydrogen-bond acceptors (Lipinski definition) is 6. The second kappa shape index (κ2) is 10.7. The zero-order valence-corrected chi connectivity index (χ0v) is 19.3. The molecule has 3 aromatic rings. The number of aliphatic hydroxyl groups excluding tert-OH is 1. The molecule has 1 aromatic carbocycles. The van der Waals surface area contributed by atoms with Gasteiger partial charge in [0.2, 0.25) is 0 Å². The van der Waals surface area contributed by atoms with Gasteiger partial charge in [-0.2, -0.15) is 5.10 Å². The van der Waals surface area contributed by atoms with Crippen molar-refractivity contribution >= 4 is 29.3 Å². The first kappa shape index (κ1) is 23.7. The number of aliphatic carboxylic acids is 1. The first-order valence-corrected chi connectivity index (χ1v) is 11.5. The number of pyridine rings is 1. The van der Waals surface area contributed by atoms with Gasteiger partial charge in [-0.15, -0.1) is 0 Å². The molecular formula is C24H26ClN5O4. The SMILES string of the molecule is O=C(O)CC(NC(=O)c1cnn(CCc2ccc3c(n2)NCCC3)c1CO)c1cccc(Cl)c1. The number of amides is 1. The number of aryl methyl sites for hydroxylation is 3. The summed E-state index contributed by atoms with van der Waals surface area (Å²) in [5.41, 5.74) is 3.22. The third-order valence-electron chi connectivity index (χ3n) is 5.81. The van der Waals surface area contributed by atoms with Gasteiger partial charge in [-0.3, -0.25) is 14.3 Å². The maximum Gasteiger partial charge on any atom is 0.305 e. The largest absolute Gasteiger partial charge is 0.481 e. The maximum absolute atomic E-state index is 13.0. The Balaban J connectivity index is 1.48. The van der Waals surface area contributed by atoms with E-state index in [4.69, 9.17) is 11.6 Å². The zero-order chi connectivity index (χ0) is 24.1. The average Bonchev–Trinajstić information content (AvgIpc) is 3.25. The molecule has 0 fully saturated rings. The number of aliphatic hydroxyl groups is 1. The smallest absolute Gasteiger partial charge is 0.305 e. The Bertz CT molecular complexity index is 1200. The second-order valence-corrected chi connectivity index (χ2v) is 8.59. The van der Waals surface area contributed by atoms with Crippen molar-refractivity contribution in [2.24, 2.45) is 0 Å². The Morgan fingerprint density at radius 1 is 1.26 bits per heavy atom. The fraction of sp³-hybridized carbons (Fsp3) is 0.333. The Labute approximate surface area is 201 Å². The van der Waals surface area contributed by atoms with Gasteiger partial charge in [0.05, 0.1) is 36.5 Å². The van der Waals surface area contributed by atoms with Gasteiger partial charge in [0, 0.05) is 30.2 Å². The fourth-order valence-corrected chi connectivity index (χ4v) is 4.27. The van der Waals surface area contributed by atoms with Crippen LogP contribution in [0.15, 0.2) is 42.6 Å². The number of carbonyl (C=O) groups excluding carboxylic acids is 1. The molecule has 0 radical (unpaired) electrons. The highest BCUT2D eigenvalue weighted by Crippen LogP contribution is 2.23. The lowest BCUT2D eigenvalue weighted by Gasteiger charge is -2.18. The van der Waals surface area contributed by atoms with E-state index < -0.39 is 17.9 Å². The molecule has 3 heterocycles. The summed E-state index contributed by atoms with van der Waals surface area (Å²) >= 11 is 6.04. The van der Waals surface area contributed by atoms with Crippen LogP contribution in [-0.2, 0) is 30.8 Å². The molecule has 4 rings (SSSR count). The van der Waals surface area contributed by atoms with Crippen molar-refractivity contribution in [3.63, 3.8) is 0 Å². The quantitative estimate of drug-likeness (QED) is 0.368. The molecule has 10 heteroatoms. The molecule has 0 aliphatic carbocycles. The van der Waals surface area contributed by atoms with Crippen molar-refractivity contribution in [2.45, 2.75) is 44.9 Å². The number of aromatic nitrogens is 3. The van der Waals surface area contributed by atoms with Crippen LogP contribution >= 0.6 is 11.6 Å². The molecule has 0 bridgehead atoms. The minimum absolute atomic E-state index is 0.194. The molecule has 0 saturated heterocycles. The lowest BCUT2D eigenvalue weighted by molar-refractivity contribution is -0.137. The number of fused-ring (bicyclic) bond motifs is 1. The number of nitrogens with one attached hydrogen (secondary N) is 2. The summed E-state index contributed by atoms with van der Waals surface area (Å²) in [4.78, 5) is 29.0. The van der Waals surface area contributed by atoms with E-state index in [1.807, 2.05) is 6.07 Å². The fourth-order valence-electron chi connectivity index (χ4n) is 4.07. The van der Waals surface area contributed by atoms with Crippen molar-refractivity contribution in [1.82, 2.24) is 20.1 Å². The second-order valence-electron chi connectivity index (χ2n) is 8.16. The number of rotatable bonds is 9. The highest BCUT2D eigenvalue weighted by molar-refractivity contribution is 6.30. The van der Waals surface area contributed by atoms with Gasteiger partial charge < -0.3 is 20.8 Å². The molecule has 1 aliphatic heterocycles. The van der Waals surface area contributed by atoms with E-state index in [-0.39, 0.29) is 18.6 Å². The van der Waals surface area contributed by atoms with Crippen molar-refractivity contribution in [2.75, 3.05) is 11.9 Å². The Morgan fingerprint density at radius 2 is 2.12 bits per heavy atom. The molecule has 1 amide bonds. The summed E-state index contributed by atoms with van der Waals surface area (Å²) in [6.07, 6.45) is 3.76. The maximum atomic E-state index is 13.0. The van der Waals surface area contributed by atoms with Crippen LogP contribution in [0.25, 0.3) is 0 Å².